The van der Waals surface area contributed by atoms with Crippen LogP contribution in [0.3, 0.4) is 0 Å². The molecular weight excluding hydrogens is 623 g/mol. The number of halogens is 9. The summed E-state index contributed by atoms with van der Waals surface area (Å²) in [5.74, 6) is -10.2. The van der Waals surface area contributed by atoms with Gasteiger partial charge in [0.15, 0.2) is 17.4 Å². The molecule has 0 unspecified atom stereocenters. The minimum absolute atomic E-state index is 0.241. The van der Waals surface area contributed by atoms with Gasteiger partial charge in [-0.25, -0.2) is 30.7 Å². The first-order valence-corrected chi connectivity index (χ1v) is 13.8. The van der Waals surface area contributed by atoms with Gasteiger partial charge < -0.3 is 9.47 Å². The molecule has 0 radical (unpaired) electrons. The Morgan fingerprint density at radius 2 is 1.07 bits per heavy atom. The van der Waals surface area contributed by atoms with Gasteiger partial charge >= 0.3 is 6.11 Å². The molecule has 0 aliphatic carbocycles. The average Bonchev–Trinajstić information content (AvgIpc) is 2.98. The molecule has 0 aromatic heterocycles. The molecule has 2 nitrogen and oxygen atoms in total. The lowest BCUT2D eigenvalue weighted by molar-refractivity contribution is -0.189. The molecule has 0 atom stereocenters. The number of hydrogen-bond donors (Lipinski definition) is 0. The first-order chi connectivity index (χ1) is 21.9. The molecule has 11 heteroatoms. The van der Waals surface area contributed by atoms with E-state index in [-0.39, 0.29) is 16.7 Å². The molecule has 0 bridgehead atoms. The highest BCUT2D eigenvalue weighted by Crippen LogP contribution is 2.39. The molecule has 0 aliphatic heterocycles. The smallest absolute Gasteiger partial charge is 0.432 e. The number of alkyl halides is 3. The lowest BCUT2D eigenvalue weighted by atomic mass is 9.97. The molecule has 0 spiro atoms. The standard InChI is InChI=1S/C35H23F9O2/c1-2-3-19-4-6-20(7-5-19)21-8-10-25(27(37)12-21)22-13-29(39)33(30(40)14-22)35(43,44)46-24-9-11-26(28(38)17-24)23-15-31(41)34(45-18-36)32(42)16-23/h4-17H,2-3,18H2,1H3. The number of rotatable bonds is 10. The van der Waals surface area contributed by atoms with E-state index < -0.39 is 70.5 Å². The summed E-state index contributed by atoms with van der Waals surface area (Å²) in [6.45, 7) is 0.520. The molecule has 0 aliphatic rings. The molecule has 0 N–H and O–H groups in total. The summed E-state index contributed by atoms with van der Waals surface area (Å²) in [7, 11) is 0. The van der Waals surface area contributed by atoms with Gasteiger partial charge in [0, 0.05) is 17.2 Å². The van der Waals surface area contributed by atoms with Crippen LogP contribution in [0.4, 0.5) is 39.5 Å². The lowest BCUT2D eigenvalue weighted by Gasteiger charge is -2.20. The second-order valence-corrected chi connectivity index (χ2v) is 10.2. The molecule has 5 rings (SSSR count). The van der Waals surface area contributed by atoms with Crippen LogP contribution in [0.25, 0.3) is 33.4 Å². The van der Waals surface area contributed by atoms with Crippen LogP contribution in [0.2, 0.25) is 0 Å². The van der Waals surface area contributed by atoms with Crippen molar-refractivity contribution >= 4 is 0 Å². The fourth-order valence-electron chi connectivity index (χ4n) is 4.99. The Morgan fingerprint density at radius 1 is 0.565 bits per heavy atom. The third kappa shape index (κ3) is 6.68. The van der Waals surface area contributed by atoms with Crippen LogP contribution in [0.15, 0.2) is 84.9 Å². The predicted molar refractivity (Wildman–Crippen MR) is 154 cm³/mol. The summed E-state index contributed by atoms with van der Waals surface area (Å²) < 4.78 is 139. The molecule has 238 valence electrons. The van der Waals surface area contributed by atoms with Crippen LogP contribution in [-0.2, 0) is 12.5 Å². The van der Waals surface area contributed by atoms with Gasteiger partial charge in [0.2, 0.25) is 6.86 Å². The minimum atomic E-state index is -4.67. The quantitative estimate of drug-likeness (QED) is 0.141. The van der Waals surface area contributed by atoms with Crippen LogP contribution in [0.1, 0.15) is 24.5 Å². The van der Waals surface area contributed by atoms with Crippen molar-refractivity contribution in [1.29, 1.82) is 0 Å². The summed E-state index contributed by atoms with van der Waals surface area (Å²) in [5.41, 5.74) is -0.919. The maximum atomic E-state index is 15.1. The monoisotopic (exact) mass is 646 g/mol. The fourth-order valence-corrected chi connectivity index (χ4v) is 4.99. The zero-order valence-electron chi connectivity index (χ0n) is 23.9. The average molecular weight is 647 g/mol. The van der Waals surface area contributed by atoms with E-state index in [2.05, 4.69) is 9.47 Å². The maximum Gasteiger partial charge on any atom is 0.432 e. The zero-order valence-corrected chi connectivity index (χ0v) is 23.9. The van der Waals surface area contributed by atoms with Crippen molar-refractivity contribution in [3.8, 4) is 44.9 Å². The largest absolute Gasteiger partial charge is 0.457 e. The van der Waals surface area contributed by atoms with E-state index in [4.69, 9.17) is 0 Å². The number of benzene rings is 5. The first kappa shape index (κ1) is 32.5. The molecule has 46 heavy (non-hydrogen) atoms. The van der Waals surface area contributed by atoms with Crippen LogP contribution in [0.5, 0.6) is 11.5 Å². The van der Waals surface area contributed by atoms with Crippen LogP contribution >= 0.6 is 0 Å². The van der Waals surface area contributed by atoms with Crippen LogP contribution < -0.4 is 9.47 Å². The molecule has 5 aromatic carbocycles. The maximum absolute atomic E-state index is 15.1. The Hall–Kier alpha value is -4.93. The molecule has 5 aromatic rings. The van der Waals surface area contributed by atoms with E-state index in [1.807, 2.05) is 31.2 Å². The Morgan fingerprint density at radius 3 is 1.59 bits per heavy atom. The predicted octanol–water partition coefficient (Wildman–Crippen LogP) is 10.9. The summed E-state index contributed by atoms with van der Waals surface area (Å²) in [5, 5.41) is 0. The second kappa shape index (κ2) is 13.2. The van der Waals surface area contributed by atoms with Gasteiger partial charge in [-0.15, -0.1) is 0 Å². The van der Waals surface area contributed by atoms with Crippen molar-refractivity contribution in [2.45, 2.75) is 25.9 Å². The van der Waals surface area contributed by atoms with Crippen molar-refractivity contribution < 1.29 is 49.0 Å². The first-order valence-electron chi connectivity index (χ1n) is 13.8. The van der Waals surface area contributed by atoms with Gasteiger partial charge in [0.25, 0.3) is 0 Å². The van der Waals surface area contributed by atoms with E-state index in [1.165, 1.54) is 18.2 Å². The summed E-state index contributed by atoms with van der Waals surface area (Å²) >= 11 is 0. The fraction of sp³-hybridized carbons (Fsp3) is 0.143. The normalized spacial score (nSPS) is 11.5. The molecule has 0 saturated carbocycles. The Bertz CT molecular complexity index is 1840. The van der Waals surface area contributed by atoms with Crippen molar-refractivity contribution in [1.82, 2.24) is 0 Å². The van der Waals surface area contributed by atoms with Gasteiger partial charge in [-0.3, -0.25) is 0 Å². The Kier molecular flexibility index (Phi) is 9.32. The summed E-state index contributed by atoms with van der Waals surface area (Å²) in [6, 6.07) is 15.8. The van der Waals surface area contributed by atoms with Crippen molar-refractivity contribution in [2.24, 2.45) is 0 Å². The Labute approximate surface area is 257 Å². The molecule has 0 fully saturated rings. The number of aryl methyl sites for hydroxylation is 1. The highest BCUT2D eigenvalue weighted by molar-refractivity contribution is 5.72. The highest BCUT2D eigenvalue weighted by atomic mass is 19.3. The van der Waals surface area contributed by atoms with Gasteiger partial charge in [-0.05, 0) is 76.7 Å². The van der Waals surface area contributed by atoms with Gasteiger partial charge in [-0.1, -0.05) is 49.7 Å². The van der Waals surface area contributed by atoms with E-state index in [9.17, 15) is 26.3 Å². The van der Waals surface area contributed by atoms with Crippen LogP contribution in [-0.4, -0.2) is 6.86 Å². The number of hydrogen-bond acceptors (Lipinski definition) is 2. The molecular formula is C35H23F9O2. The molecule has 0 saturated heterocycles. The lowest BCUT2D eigenvalue weighted by Crippen LogP contribution is -2.25. The zero-order chi connectivity index (χ0) is 33.2. The number of ether oxygens (including phenoxy) is 2. The third-order valence-electron chi connectivity index (χ3n) is 7.13. The van der Waals surface area contributed by atoms with Gasteiger partial charge in [0.1, 0.15) is 34.6 Å². The van der Waals surface area contributed by atoms with Crippen molar-refractivity contribution in [2.75, 3.05) is 6.86 Å². The van der Waals surface area contributed by atoms with Crippen molar-refractivity contribution in [3.63, 3.8) is 0 Å². The SMILES string of the molecule is CCCc1ccc(-c2ccc(-c3cc(F)c(C(F)(F)Oc4ccc(-c5cc(F)c(OCF)c(F)c5)c(F)c4)c(F)c3)c(F)c2)cc1. The summed E-state index contributed by atoms with van der Waals surface area (Å²) in [6.07, 6.45) is -2.83. The van der Waals surface area contributed by atoms with Crippen molar-refractivity contribution in [3.05, 3.63) is 131 Å². The second-order valence-electron chi connectivity index (χ2n) is 10.2. The third-order valence-corrected chi connectivity index (χ3v) is 7.13. The van der Waals surface area contributed by atoms with E-state index in [0.29, 0.717) is 41.5 Å². The molecule has 0 heterocycles. The summed E-state index contributed by atoms with van der Waals surface area (Å²) in [4.78, 5) is 0. The van der Waals surface area contributed by atoms with Gasteiger partial charge in [0.05, 0.1) is 0 Å². The van der Waals surface area contributed by atoms with E-state index >= 15 is 13.2 Å². The van der Waals surface area contributed by atoms with Gasteiger partial charge in [-0.2, -0.15) is 8.78 Å². The minimum Gasteiger partial charge on any atom is -0.457 e. The topological polar surface area (TPSA) is 18.5 Å². The van der Waals surface area contributed by atoms with E-state index in [1.54, 1.807) is 0 Å². The highest BCUT2D eigenvalue weighted by Gasteiger charge is 2.41. The Balaban J connectivity index is 1.38. The molecule has 0 amide bonds. The van der Waals surface area contributed by atoms with E-state index in [0.717, 1.165) is 30.5 Å². The van der Waals surface area contributed by atoms with Crippen LogP contribution in [0, 0.1) is 34.9 Å².